The fraction of sp³-hybridized carbons (Fsp3) is 0.333. The zero-order valence-corrected chi connectivity index (χ0v) is 24.2. The number of carboxylic acids is 1. The summed E-state index contributed by atoms with van der Waals surface area (Å²) in [6.45, 7) is 2.38. The molecule has 0 saturated carbocycles. The minimum Gasteiger partial charge on any atom is -0.477 e. The molecule has 0 aliphatic carbocycles. The van der Waals surface area contributed by atoms with Gasteiger partial charge in [0.15, 0.2) is 11.6 Å². The Balaban J connectivity index is 1.60. The van der Waals surface area contributed by atoms with Crippen molar-refractivity contribution in [1.82, 2.24) is 24.4 Å². The van der Waals surface area contributed by atoms with Crippen LogP contribution < -0.4 is 15.6 Å². The van der Waals surface area contributed by atoms with Gasteiger partial charge in [-0.15, -0.1) is 0 Å². The quantitative estimate of drug-likeness (QED) is 0.247. The van der Waals surface area contributed by atoms with Crippen LogP contribution in [0, 0.1) is 11.6 Å². The number of anilines is 2. The Morgan fingerprint density at radius 2 is 2.02 bits per heavy atom. The van der Waals surface area contributed by atoms with E-state index in [1.165, 1.54) is 10.8 Å². The summed E-state index contributed by atoms with van der Waals surface area (Å²) in [7, 11) is 7.18. The molecule has 1 atom stereocenters. The van der Waals surface area contributed by atoms with Crippen LogP contribution in [-0.4, -0.2) is 89.0 Å². The molecular formula is C30H31F2N7O4. The number of hydrogen-bond donors (Lipinski definition) is 3. The van der Waals surface area contributed by atoms with Gasteiger partial charge < -0.3 is 34.5 Å². The Morgan fingerprint density at radius 1 is 1.23 bits per heavy atom. The Kier molecular flexibility index (Phi) is 7.22. The largest absolute Gasteiger partial charge is 0.477 e. The van der Waals surface area contributed by atoms with Gasteiger partial charge in [-0.25, -0.2) is 23.5 Å². The van der Waals surface area contributed by atoms with Crippen LogP contribution in [0.1, 0.15) is 16.8 Å². The number of halogens is 2. The van der Waals surface area contributed by atoms with Crippen LogP contribution in [0.2, 0.25) is 0 Å². The van der Waals surface area contributed by atoms with Crippen LogP contribution in [0.3, 0.4) is 0 Å². The molecule has 0 radical (unpaired) electrons. The second-order valence-electron chi connectivity index (χ2n) is 11.0. The van der Waals surface area contributed by atoms with E-state index in [0.717, 1.165) is 19.0 Å². The van der Waals surface area contributed by atoms with Crippen LogP contribution in [0.5, 0.6) is 0 Å². The molecule has 0 amide bonds. The molecule has 1 aliphatic heterocycles. The molecule has 0 bridgehead atoms. The number of rotatable bonds is 8. The van der Waals surface area contributed by atoms with Gasteiger partial charge in [-0.05, 0) is 26.6 Å². The molecule has 224 valence electrons. The fourth-order valence-corrected chi connectivity index (χ4v) is 5.81. The number of hydrogen-bond acceptors (Lipinski definition) is 8. The van der Waals surface area contributed by atoms with Gasteiger partial charge in [-0.1, -0.05) is 0 Å². The van der Waals surface area contributed by atoms with E-state index >= 15 is 4.39 Å². The number of carbonyl (C=O) groups is 1. The number of fused-ring (bicyclic) bond motifs is 4. The number of aromatic amines is 1. The number of ether oxygens (including phenoxy) is 1. The van der Waals surface area contributed by atoms with Crippen molar-refractivity contribution in [3.8, 4) is 11.1 Å². The average molecular weight is 592 g/mol. The molecule has 1 fully saturated rings. The lowest BCUT2D eigenvalue weighted by molar-refractivity contribution is 0.0581. The molecule has 5 aromatic rings. The second kappa shape index (κ2) is 10.9. The Hall–Kier alpha value is -4.62. The van der Waals surface area contributed by atoms with Crippen molar-refractivity contribution < 1.29 is 23.4 Å². The highest BCUT2D eigenvalue weighted by Gasteiger charge is 2.30. The summed E-state index contributed by atoms with van der Waals surface area (Å²) in [4.78, 5) is 41.2. The molecule has 6 rings (SSSR count). The zero-order valence-electron chi connectivity index (χ0n) is 24.2. The Morgan fingerprint density at radius 3 is 2.74 bits per heavy atom. The first-order valence-corrected chi connectivity index (χ1v) is 13.8. The Labute approximate surface area is 244 Å². The van der Waals surface area contributed by atoms with Crippen LogP contribution >= 0.6 is 0 Å². The molecule has 1 saturated heterocycles. The van der Waals surface area contributed by atoms with Gasteiger partial charge in [-0.3, -0.25) is 4.79 Å². The number of nitrogens with one attached hydrogen (secondary N) is 2. The van der Waals surface area contributed by atoms with Crippen LogP contribution in [-0.2, 0) is 11.8 Å². The van der Waals surface area contributed by atoms with E-state index in [0.29, 0.717) is 64.4 Å². The first-order chi connectivity index (χ1) is 20.6. The van der Waals surface area contributed by atoms with E-state index in [-0.39, 0.29) is 22.4 Å². The van der Waals surface area contributed by atoms with Gasteiger partial charge in [0.25, 0.3) is 0 Å². The van der Waals surface area contributed by atoms with Crippen molar-refractivity contribution in [3.63, 3.8) is 0 Å². The number of H-pyrrole nitrogens is 1. The number of likely N-dealkylation sites (N-methyl/N-ethyl adjacent to an activating group) is 1. The number of aromatic carboxylic acids is 1. The average Bonchev–Trinajstić information content (AvgIpc) is 3.61. The molecule has 3 N–H and O–H groups in total. The van der Waals surface area contributed by atoms with E-state index in [4.69, 9.17) is 4.74 Å². The van der Waals surface area contributed by atoms with Crippen molar-refractivity contribution in [2.75, 3.05) is 57.6 Å². The van der Waals surface area contributed by atoms with Gasteiger partial charge in [0.1, 0.15) is 16.9 Å². The number of nitrogens with zero attached hydrogens (tertiary/aromatic N) is 5. The fourth-order valence-electron chi connectivity index (χ4n) is 5.81. The van der Waals surface area contributed by atoms with Crippen molar-refractivity contribution >= 4 is 50.3 Å². The topological polar surface area (TPSA) is 129 Å². The summed E-state index contributed by atoms with van der Waals surface area (Å²) in [6, 6.07) is 2.68. The van der Waals surface area contributed by atoms with E-state index < -0.39 is 23.0 Å². The third kappa shape index (κ3) is 4.83. The lowest BCUT2D eigenvalue weighted by Crippen LogP contribution is -2.26. The molecule has 1 aromatic carbocycles. The number of benzene rings is 1. The van der Waals surface area contributed by atoms with Gasteiger partial charge in [0.05, 0.1) is 45.8 Å². The van der Waals surface area contributed by atoms with Crippen molar-refractivity contribution in [1.29, 1.82) is 0 Å². The normalized spacial score (nSPS) is 15.4. The number of pyridine rings is 3. The molecule has 4 aromatic heterocycles. The first-order valence-electron chi connectivity index (χ1n) is 13.8. The van der Waals surface area contributed by atoms with E-state index in [1.54, 1.807) is 32.6 Å². The zero-order chi connectivity index (χ0) is 30.6. The summed E-state index contributed by atoms with van der Waals surface area (Å²) in [5.74, 6) is -3.35. The maximum Gasteiger partial charge on any atom is 0.341 e. The van der Waals surface area contributed by atoms with Gasteiger partial charge in [0, 0.05) is 69.5 Å². The lowest BCUT2D eigenvalue weighted by Gasteiger charge is -2.24. The number of carboxylic acid groups (broad SMARTS) is 1. The molecule has 43 heavy (non-hydrogen) atoms. The lowest BCUT2D eigenvalue weighted by atomic mass is 10.0. The first kappa shape index (κ1) is 28.5. The Bertz CT molecular complexity index is 1970. The van der Waals surface area contributed by atoms with Crippen molar-refractivity contribution in [2.45, 2.75) is 12.5 Å². The summed E-state index contributed by atoms with van der Waals surface area (Å²) >= 11 is 0. The minimum absolute atomic E-state index is 0.0542. The van der Waals surface area contributed by atoms with Crippen LogP contribution in [0.15, 0.2) is 35.5 Å². The second-order valence-corrected chi connectivity index (χ2v) is 11.0. The highest BCUT2D eigenvalue weighted by atomic mass is 19.2. The van der Waals surface area contributed by atoms with E-state index in [2.05, 4.69) is 25.2 Å². The molecular weight excluding hydrogens is 560 g/mol. The third-order valence-corrected chi connectivity index (χ3v) is 7.94. The summed E-state index contributed by atoms with van der Waals surface area (Å²) < 4.78 is 38.1. The molecule has 0 spiro atoms. The summed E-state index contributed by atoms with van der Waals surface area (Å²) in [6.07, 6.45) is 5.05. The summed E-state index contributed by atoms with van der Waals surface area (Å²) in [5, 5.41) is 13.1. The molecule has 11 nitrogen and oxygen atoms in total. The van der Waals surface area contributed by atoms with Gasteiger partial charge in [-0.2, -0.15) is 0 Å². The van der Waals surface area contributed by atoms with Crippen molar-refractivity contribution in [2.24, 2.45) is 7.05 Å². The molecule has 5 heterocycles. The monoisotopic (exact) mass is 591 g/mol. The van der Waals surface area contributed by atoms with Gasteiger partial charge in [0.2, 0.25) is 5.43 Å². The number of aromatic nitrogens is 4. The smallest absolute Gasteiger partial charge is 0.341 e. The third-order valence-electron chi connectivity index (χ3n) is 7.94. The standard InChI is InChI=1S/C30H31F2N7O4/c1-33-21-10-20(31)24(32)22-23-26(39-6-5-16(13-39)43-8-7-37(2)3)18(12-34-28(23)36-25(21)22)15-9-17-27(40)19(30(41)42)14-38(4)29(17)35-11-15/h9-12,14,16,33H,5-8,13H2,1-4H3,(H,34,36)(H,41,42). The predicted molar refractivity (Wildman–Crippen MR) is 161 cm³/mol. The van der Waals surface area contributed by atoms with E-state index in [9.17, 15) is 19.1 Å². The van der Waals surface area contributed by atoms with Crippen LogP contribution in [0.25, 0.3) is 44.1 Å². The van der Waals surface area contributed by atoms with Crippen molar-refractivity contribution in [3.05, 3.63) is 58.1 Å². The van der Waals surface area contributed by atoms with Gasteiger partial charge >= 0.3 is 5.97 Å². The summed E-state index contributed by atoms with van der Waals surface area (Å²) in [5.41, 5.74) is 1.98. The maximum atomic E-state index is 15.6. The highest BCUT2D eigenvalue weighted by molar-refractivity contribution is 6.18. The highest BCUT2D eigenvalue weighted by Crippen LogP contribution is 2.44. The van der Waals surface area contributed by atoms with E-state index in [1.807, 2.05) is 19.0 Å². The molecule has 1 unspecified atom stereocenters. The maximum absolute atomic E-state index is 15.6. The van der Waals surface area contributed by atoms with Crippen LogP contribution in [0.4, 0.5) is 20.2 Å². The SMILES string of the molecule is CNc1cc(F)c(F)c2c1[nH]c1ncc(-c3cnc4c(c3)c(=O)c(C(=O)O)cn4C)c(N3CCC(OCCN(C)C)C3)c12. The number of aryl methyl sites for hydroxylation is 1. The molecule has 1 aliphatic rings. The minimum atomic E-state index is -1.34. The molecule has 13 heteroatoms. The predicted octanol–water partition coefficient (Wildman–Crippen LogP) is 3.81.